The number of anilines is 2. The number of imide groups is 2. The summed E-state index contributed by atoms with van der Waals surface area (Å²) in [5, 5.41) is 13.1. The van der Waals surface area contributed by atoms with Gasteiger partial charge in [0.15, 0.2) is 0 Å². The number of fused-ring (bicyclic) bond motifs is 4. The predicted octanol–water partition coefficient (Wildman–Crippen LogP) is 7.03. The number of rotatable bonds is 5. The summed E-state index contributed by atoms with van der Waals surface area (Å²) in [6.07, 6.45) is 2.20. The Morgan fingerprint density at radius 3 is 2.20 bits per heavy atom. The minimum atomic E-state index is -1.63. The number of allylic oxidation sites excluding steroid dienone is 2. The third-order valence-corrected chi connectivity index (χ3v) is 11.1. The number of carbonyl (C=O) groups excluding carboxylic acids is 4. The van der Waals surface area contributed by atoms with E-state index in [0.717, 1.165) is 5.01 Å². The third kappa shape index (κ3) is 4.63. The molecule has 3 fully saturated rings. The number of hydrogen-bond acceptors (Lipinski definition) is 6. The summed E-state index contributed by atoms with van der Waals surface area (Å²) in [7, 11) is 0. The van der Waals surface area contributed by atoms with Gasteiger partial charge in [-0.2, -0.15) is 5.01 Å². The SMILES string of the molecule is O=C1C2CC3C(=CCC4C(=O)N(c5ccccc5)C(=O)C43)C(c3cc(Cl)ccc3O)C2(c2ccc(Cl)cc2)C(=O)N1Nc1ccc(F)cc1. The highest BCUT2D eigenvalue weighted by atomic mass is 35.5. The number of benzene rings is 4. The maximum atomic E-state index is 15.1. The Hall–Kier alpha value is -4.99. The average Bonchev–Trinajstić information content (AvgIpc) is 3.48. The Morgan fingerprint density at radius 2 is 1.49 bits per heavy atom. The zero-order chi connectivity index (χ0) is 34.2. The first kappa shape index (κ1) is 31.3. The van der Waals surface area contributed by atoms with Crippen molar-refractivity contribution >= 4 is 58.2 Å². The van der Waals surface area contributed by atoms with Crippen LogP contribution in [0.15, 0.2) is 109 Å². The Morgan fingerprint density at radius 1 is 0.796 bits per heavy atom. The number of nitrogens with one attached hydrogen (secondary N) is 1. The lowest BCUT2D eigenvalue weighted by Crippen LogP contribution is -2.53. The Bertz CT molecular complexity index is 2070. The van der Waals surface area contributed by atoms with E-state index in [4.69, 9.17) is 23.2 Å². The van der Waals surface area contributed by atoms with Crippen molar-refractivity contribution in [1.82, 2.24) is 5.01 Å². The van der Waals surface area contributed by atoms with Gasteiger partial charge in [0.1, 0.15) is 11.6 Å². The number of amides is 4. The number of phenols is 1. The molecule has 2 aliphatic carbocycles. The van der Waals surface area contributed by atoms with Crippen molar-refractivity contribution in [2.75, 3.05) is 10.3 Å². The normalized spacial score (nSPS) is 27.5. The van der Waals surface area contributed by atoms with Gasteiger partial charge < -0.3 is 5.11 Å². The average molecular weight is 697 g/mol. The molecule has 0 bridgehead atoms. The van der Waals surface area contributed by atoms with Gasteiger partial charge in [-0.15, -0.1) is 0 Å². The topological polar surface area (TPSA) is 107 Å². The fourth-order valence-corrected chi connectivity index (χ4v) is 8.89. The molecular weight excluding hydrogens is 668 g/mol. The van der Waals surface area contributed by atoms with Crippen LogP contribution in [0.2, 0.25) is 10.0 Å². The molecule has 6 unspecified atom stereocenters. The summed E-state index contributed by atoms with van der Waals surface area (Å²) in [6.45, 7) is 0. The molecule has 0 spiro atoms. The van der Waals surface area contributed by atoms with Gasteiger partial charge in [-0.05, 0) is 91.1 Å². The maximum Gasteiger partial charge on any atom is 0.260 e. The highest BCUT2D eigenvalue weighted by Gasteiger charge is 2.70. The molecule has 11 heteroatoms. The van der Waals surface area contributed by atoms with Crippen LogP contribution >= 0.6 is 23.2 Å². The fraction of sp³-hybridized carbons (Fsp3) is 0.211. The lowest BCUT2D eigenvalue weighted by atomic mass is 9.49. The van der Waals surface area contributed by atoms with Gasteiger partial charge in [-0.3, -0.25) is 29.5 Å². The molecule has 0 aromatic heterocycles. The highest BCUT2D eigenvalue weighted by Crippen LogP contribution is 2.65. The molecule has 1 saturated carbocycles. The van der Waals surface area contributed by atoms with E-state index in [1.54, 1.807) is 60.7 Å². The Kier molecular flexibility index (Phi) is 7.39. The van der Waals surface area contributed by atoms with E-state index in [9.17, 15) is 23.9 Å². The number of carbonyl (C=O) groups is 4. The second kappa shape index (κ2) is 11.6. The molecule has 4 aromatic carbocycles. The zero-order valence-electron chi connectivity index (χ0n) is 25.7. The molecule has 2 aliphatic heterocycles. The molecule has 246 valence electrons. The molecule has 4 aromatic rings. The number of halogens is 3. The van der Waals surface area contributed by atoms with Gasteiger partial charge >= 0.3 is 0 Å². The van der Waals surface area contributed by atoms with Crippen molar-refractivity contribution in [3.63, 3.8) is 0 Å². The molecular formula is C38H28Cl2FN3O5. The van der Waals surface area contributed by atoms with Crippen LogP contribution in [0.5, 0.6) is 5.75 Å². The van der Waals surface area contributed by atoms with Crippen molar-refractivity contribution in [2.45, 2.75) is 24.2 Å². The van der Waals surface area contributed by atoms with Gasteiger partial charge in [-0.25, -0.2) is 4.39 Å². The van der Waals surface area contributed by atoms with Gasteiger partial charge in [0, 0.05) is 21.5 Å². The standard InChI is InChI=1S/C38H28Cl2FN3O5/c39-21-8-6-20(7-9-21)38-30(35(47)44(37(38)49)42-24-13-11-23(41)12-14-24)19-28-26(33(38)29-18-22(40)10-17-31(29)45)15-16-27-32(28)36(48)43(34(27)46)25-4-2-1-3-5-25/h1-15,17-18,27-28,30,32-33,42,45H,16,19H2. The van der Waals surface area contributed by atoms with E-state index < -0.39 is 52.6 Å². The zero-order valence-corrected chi connectivity index (χ0v) is 27.2. The molecule has 4 amide bonds. The largest absolute Gasteiger partial charge is 0.508 e. The number of para-hydroxylation sites is 1. The Balaban J connectivity index is 1.34. The lowest BCUT2D eigenvalue weighted by Gasteiger charge is -2.50. The van der Waals surface area contributed by atoms with Crippen LogP contribution in [-0.4, -0.2) is 33.7 Å². The van der Waals surface area contributed by atoms with Crippen molar-refractivity contribution in [3.05, 3.63) is 136 Å². The van der Waals surface area contributed by atoms with Gasteiger partial charge in [0.2, 0.25) is 11.8 Å². The van der Waals surface area contributed by atoms with Crippen LogP contribution in [0.3, 0.4) is 0 Å². The van der Waals surface area contributed by atoms with E-state index in [0.29, 0.717) is 38.1 Å². The number of phenolic OH excluding ortho intramolecular Hbond substituents is 1. The third-order valence-electron chi connectivity index (χ3n) is 10.6. The second-order valence-electron chi connectivity index (χ2n) is 12.9. The molecule has 49 heavy (non-hydrogen) atoms. The lowest BCUT2D eigenvalue weighted by molar-refractivity contribution is -0.138. The fourth-order valence-electron chi connectivity index (χ4n) is 8.59. The first-order chi connectivity index (χ1) is 23.6. The van der Waals surface area contributed by atoms with Crippen LogP contribution in [-0.2, 0) is 24.6 Å². The highest BCUT2D eigenvalue weighted by molar-refractivity contribution is 6.31. The number of aromatic hydroxyl groups is 1. The first-order valence-corrected chi connectivity index (χ1v) is 16.6. The van der Waals surface area contributed by atoms with E-state index in [1.807, 2.05) is 6.08 Å². The summed E-state index contributed by atoms with van der Waals surface area (Å²) in [5.74, 6) is -6.60. The van der Waals surface area contributed by atoms with Crippen molar-refractivity contribution in [1.29, 1.82) is 0 Å². The minimum absolute atomic E-state index is 0.0707. The molecule has 2 heterocycles. The monoisotopic (exact) mass is 695 g/mol. The first-order valence-electron chi connectivity index (χ1n) is 15.9. The maximum absolute atomic E-state index is 15.1. The molecule has 2 saturated heterocycles. The van der Waals surface area contributed by atoms with Crippen molar-refractivity contribution in [3.8, 4) is 5.75 Å². The van der Waals surface area contributed by atoms with Gasteiger partial charge in [0.05, 0.1) is 34.5 Å². The van der Waals surface area contributed by atoms with E-state index >= 15 is 4.79 Å². The molecule has 4 aliphatic rings. The van der Waals surface area contributed by atoms with E-state index in [1.165, 1.54) is 41.3 Å². The number of hydrogen-bond donors (Lipinski definition) is 2. The van der Waals surface area contributed by atoms with Crippen LogP contribution in [0.1, 0.15) is 29.9 Å². The van der Waals surface area contributed by atoms with Gasteiger partial charge in [-0.1, -0.05) is 65.2 Å². The quantitative estimate of drug-likeness (QED) is 0.172. The molecule has 8 nitrogen and oxygen atoms in total. The molecule has 8 rings (SSSR count). The van der Waals surface area contributed by atoms with Crippen LogP contribution in [0.4, 0.5) is 15.8 Å². The Labute approximate surface area is 290 Å². The number of nitrogens with zero attached hydrogens (tertiary/aromatic N) is 2. The second-order valence-corrected chi connectivity index (χ2v) is 13.8. The van der Waals surface area contributed by atoms with Gasteiger partial charge in [0.25, 0.3) is 11.8 Å². The summed E-state index contributed by atoms with van der Waals surface area (Å²) in [5.41, 5.74) is 3.51. The van der Waals surface area contributed by atoms with E-state index in [2.05, 4.69) is 5.43 Å². The van der Waals surface area contributed by atoms with Crippen molar-refractivity contribution < 1.29 is 28.7 Å². The summed E-state index contributed by atoms with van der Waals surface area (Å²) in [4.78, 5) is 59.2. The van der Waals surface area contributed by atoms with Crippen LogP contribution in [0, 0.1) is 29.5 Å². The predicted molar refractivity (Wildman–Crippen MR) is 181 cm³/mol. The summed E-state index contributed by atoms with van der Waals surface area (Å²) in [6, 6.07) is 25.2. The molecule has 0 radical (unpaired) electrons. The number of hydrazine groups is 1. The molecule has 2 N–H and O–H groups in total. The van der Waals surface area contributed by atoms with Crippen LogP contribution in [0.25, 0.3) is 0 Å². The molecule has 6 atom stereocenters. The van der Waals surface area contributed by atoms with E-state index in [-0.39, 0.29) is 30.4 Å². The minimum Gasteiger partial charge on any atom is -0.508 e. The summed E-state index contributed by atoms with van der Waals surface area (Å²) >= 11 is 12.9. The van der Waals surface area contributed by atoms with Crippen molar-refractivity contribution in [2.24, 2.45) is 23.7 Å². The summed E-state index contributed by atoms with van der Waals surface area (Å²) < 4.78 is 13.8. The van der Waals surface area contributed by atoms with Crippen LogP contribution < -0.4 is 10.3 Å². The smallest absolute Gasteiger partial charge is 0.260 e.